The summed E-state index contributed by atoms with van der Waals surface area (Å²) < 4.78 is 1.48. The van der Waals surface area contributed by atoms with Gasteiger partial charge in [-0.2, -0.15) is 0 Å². The first-order chi connectivity index (χ1) is 6.77. The van der Waals surface area contributed by atoms with Crippen LogP contribution in [0.4, 0.5) is 0 Å². The summed E-state index contributed by atoms with van der Waals surface area (Å²) >= 11 is 7.09. The highest BCUT2D eigenvalue weighted by molar-refractivity contribution is 7.07. The maximum absolute atomic E-state index is 11.4. The van der Waals surface area contributed by atoms with Gasteiger partial charge >= 0.3 is 0 Å². The van der Waals surface area contributed by atoms with Crippen molar-refractivity contribution in [3.63, 3.8) is 0 Å². The molecule has 2 aromatic rings. The highest BCUT2D eigenvalue weighted by Crippen LogP contribution is 2.02. The summed E-state index contributed by atoms with van der Waals surface area (Å²) in [7, 11) is 0. The van der Waals surface area contributed by atoms with Crippen molar-refractivity contribution in [3.05, 3.63) is 44.5 Å². The molecule has 6 heteroatoms. The normalized spacial score (nSPS) is 10.4. The summed E-state index contributed by atoms with van der Waals surface area (Å²) in [5, 5.41) is 1.88. The van der Waals surface area contributed by atoms with Gasteiger partial charge in [-0.05, 0) is 0 Å². The summed E-state index contributed by atoms with van der Waals surface area (Å²) in [4.78, 5) is 19.2. The van der Waals surface area contributed by atoms with Gasteiger partial charge in [0.25, 0.3) is 5.56 Å². The molecule has 0 spiro atoms. The molecule has 0 atom stereocenters. The molecule has 0 saturated carbocycles. The highest BCUT2D eigenvalue weighted by Gasteiger charge is 2.02. The summed E-state index contributed by atoms with van der Waals surface area (Å²) in [6.07, 6.45) is 3.09. The van der Waals surface area contributed by atoms with Crippen LogP contribution in [0.1, 0.15) is 5.69 Å². The van der Waals surface area contributed by atoms with E-state index in [0.717, 1.165) is 5.69 Å². The van der Waals surface area contributed by atoms with Gasteiger partial charge in [0.15, 0.2) is 5.15 Å². The molecule has 2 rings (SSSR count). The van der Waals surface area contributed by atoms with Gasteiger partial charge in [0.05, 0.1) is 17.7 Å². The minimum absolute atomic E-state index is 0.0114. The summed E-state index contributed by atoms with van der Waals surface area (Å²) in [5.74, 6) is 0. The van der Waals surface area contributed by atoms with Gasteiger partial charge in [-0.3, -0.25) is 4.79 Å². The van der Waals surface area contributed by atoms with Gasteiger partial charge in [0, 0.05) is 17.8 Å². The number of nitrogens with zero attached hydrogens (tertiary/aromatic N) is 3. The number of thiazole rings is 1. The predicted molar refractivity (Wildman–Crippen MR) is 54.7 cm³/mol. The van der Waals surface area contributed by atoms with Crippen molar-refractivity contribution in [3.8, 4) is 0 Å². The summed E-state index contributed by atoms with van der Waals surface area (Å²) in [5.41, 5.74) is 2.28. The Kier molecular flexibility index (Phi) is 2.60. The van der Waals surface area contributed by atoms with E-state index in [0.29, 0.717) is 6.54 Å². The molecule has 2 aromatic heterocycles. The van der Waals surface area contributed by atoms with Gasteiger partial charge in [-0.15, -0.1) is 11.3 Å². The average molecular weight is 228 g/mol. The Hall–Kier alpha value is -1.20. The lowest BCUT2D eigenvalue weighted by Gasteiger charge is -2.01. The van der Waals surface area contributed by atoms with E-state index in [-0.39, 0.29) is 10.7 Å². The monoisotopic (exact) mass is 227 g/mol. The SMILES string of the molecule is O=c1c(Cl)nccn1Cc1cscn1. The number of hydrogen-bond donors (Lipinski definition) is 0. The fourth-order valence-corrected chi connectivity index (χ4v) is 1.75. The highest BCUT2D eigenvalue weighted by atomic mass is 35.5. The second-order valence-electron chi connectivity index (χ2n) is 2.63. The zero-order valence-electron chi connectivity index (χ0n) is 7.05. The van der Waals surface area contributed by atoms with E-state index < -0.39 is 0 Å². The van der Waals surface area contributed by atoms with Crippen LogP contribution in [0.3, 0.4) is 0 Å². The van der Waals surface area contributed by atoms with Gasteiger partial charge in [-0.1, -0.05) is 11.6 Å². The molecule has 72 valence electrons. The Morgan fingerprint density at radius 1 is 1.50 bits per heavy atom. The maximum atomic E-state index is 11.4. The largest absolute Gasteiger partial charge is 0.305 e. The fraction of sp³-hybridized carbons (Fsp3) is 0.125. The molecular weight excluding hydrogens is 222 g/mol. The van der Waals surface area contributed by atoms with Crippen molar-refractivity contribution in [2.24, 2.45) is 0 Å². The second-order valence-corrected chi connectivity index (χ2v) is 3.71. The number of hydrogen-bond acceptors (Lipinski definition) is 4. The van der Waals surface area contributed by atoms with E-state index in [9.17, 15) is 4.79 Å². The van der Waals surface area contributed by atoms with Crippen LogP contribution in [-0.4, -0.2) is 14.5 Å². The smallest absolute Gasteiger partial charge is 0.288 e. The first kappa shape index (κ1) is 9.36. The lowest BCUT2D eigenvalue weighted by Crippen LogP contribution is -2.21. The third-order valence-corrected chi connectivity index (χ3v) is 2.58. The fourth-order valence-electron chi connectivity index (χ4n) is 1.04. The van der Waals surface area contributed by atoms with E-state index in [4.69, 9.17) is 11.6 Å². The van der Waals surface area contributed by atoms with Crippen molar-refractivity contribution in [1.29, 1.82) is 0 Å². The second kappa shape index (κ2) is 3.89. The Morgan fingerprint density at radius 3 is 3.07 bits per heavy atom. The molecule has 0 aliphatic carbocycles. The molecule has 0 aromatic carbocycles. The first-order valence-corrected chi connectivity index (χ1v) is 5.17. The van der Waals surface area contributed by atoms with Crippen molar-refractivity contribution >= 4 is 22.9 Å². The van der Waals surface area contributed by atoms with E-state index in [2.05, 4.69) is 9.97 Å². The summed E-state index contributed by atoms with van der Waals surface area (Å²) in [6, 6.07) is 0. The van der Waals surface area contributed by atoms with Crippen LogP contribution < -0.4 is 5.56 Å². The molecule has 2 heterocycles. The van der Waals surface area contributed by atoms with E-state index in [1.165, 1.54) is 22.1 Å². The molecule has 0 aliphatic heterocycles. The molecular formula is C8H6ClN3OS. The van der Waals surface area contributed by atoms with Crippen LogP contribution in [0.15, 0.2) is 28.1 Å². The average Bonchev–Trinajstić information content (AvgIpc) is 2.66. The van der Waals surface area contributed by atoms with Gasteiger partial charge < -0.3 is 4.57 Å². The molecule has 0 unspecified atom stereocenters. The predicted octanol–water partition coefficient (Wildman–Crippen LogP) is 1.40. The number of halogens is 1. The quantitative estimate of drug-likeness (QED) is 0.779. The van der Waals surface area contributed by atoms with Crippen LogP contribution in [-0.2, 0) is 6.54 Å². The molecule has 0 saturated heterocycles. The third kappa shape index (κ3) is 1.83. The standard InChI is InChI=1S/C8H6ClN3OS/c9-7-8(13)12(2-1-10-7)3-6-4-14-5-11-6/h1-2,4-5H,3H2. The minimum Gasteiger partial charge on any atom is -0.305 e. The van der Waals surface area contributed by atoms with Crippen molar-refractivity contribution in [2.45, 2.75) is 6.54 Å². The van der Waals surface area contributed by atoms with Gasteiger partial charge in [0.2, 0.25) is 0 Å². The molecule has 0 N–H and O–H groups in total. The zero-order valence-corrected chi connectivity index (χ0v) is 8.63. The van der Waals surface area contributed by atoms with Crippen molar-refractivity contribution in [1.82, 2.24) is 14.5 Å². The van der Waals surface area contributed by atoms with Crippen LogP contribution in [0.5, 0.6) is 0 Å². The minimum atomic E-state index is -0.290. The summed E-state index contributed by atoms with van der Waals surface area (Å²) in [6.45, 7) is 0.435. The molecule has 0 aliphatic rings. The lowest BCUT2D eigenvalue weighted by molar-refractivity contribution is 0.734. The lowest BCUT2D eigenvalue weighted by atomic mass is 10.5. The molecule has 4 nitrogen and oxygen atoms in total. The Balaban J connectivity index is 2.34. The van der Waals surface area contributed by atoms with Crippen LogP contribution in [0, 0.1) is 0 Å². The van der Waals surface area contributed by atoms with E-state index in [1.807, 2.05) is 5.38 Å². The Bertz CT molecular complexity index is 480. The third-order valence-electron chi connectivity index (χ3n) is 1.69. The Morgan fingerprint density at radius 2 is 2.36 bits per heavy atom. The van der Waals surface area contributed by atoms with Crippen molar-refractivity contribution < 1.29 is 0 Å². The number of aromatic nitrogens is 3. The molecule has 0 bridgehead atoms. The Labute approximate surface area is 88.8 Å². The molecule has 0 amide bonds. The van der Waals surface area contributed by atoms with E-state index >= 15 is 0 Å². The van der Waals surface area contributed by atoms with Crippen LogP contribution >= 0.6 is 22.9 Å². The van der Waals surface area contributed by atoms with Crippen LogP contribution in [0.2, 0.25) is 5.15 Å². The molecule has 0 radical (unpaired) electrons. The molecule has 14 heavy (non-hydrogen) atoms. The van der Waals surface area contributed by atoms with Gasteiger partial charge in [0.1, 0.15) is 0 Å². The van der Waals surface area contributed by atoms with Gasteiger partial charge in [-0.25, -0.2) is 9.97 Å². The topological polar surface area (TPSA) is 47.8 Å². The van der Waals surface area contributed by atoms with Crippen LogP contribution in [0.25, 0.3) is 0 Å². The zero-order chi connectivity index (χ0) is 9.97. The maximum Gasteiger partial charge on any atom is 0.288 e. The first-order valence-electron chi connectivity index (χ1n) is 3.85. The van der Waals surface area contributed by atoms with E-state index in [1.54, 1.807) is 11.7 Å². The number of rotatable bonds is 2. The van der Waals surface area contributed by atoms with Crippen molar-refractivity contribution in [2.75, 3.05) is 0 Å². The molecule has 0 fully saturated rings.